The number of amides is 1. The molecule has 13 atom stereocenters. The van der Waals surface area contributed by atoms with Crippen LogP contribution in [0.4, 0.5) is 0 Å². The van der Waals surface area contributed by atoms with Crippen molar-refractivity contribution >= 4 is 5.91 Å². The number of carbonyl (C=O) groups is 1. The van der Waals surface area contributed by atoms with Crippen molar-refractivity contribution in [2.45, 2.75) is 110 Å². The molecular formula is C32H51NO3. The molecule has 0 spiro atoms. The molecule has 6 aliphatic carbocycles. The van der Waals surface area contributed by atoms with Crippen LogP contribution in [0.5, 0.6) is 0 Å². The van der Waals surface area contributed by atoms with Crippen molar-refractivity contribution in [2.24, 2.45) is 64.1 Å². The summed E-state index contributed by atoms with van der Waals surface area (Å²) < 4.78 is 0. The molecule has 6 aliphatic rings. The molecule has 3 N–H and O–H groups in total. The Balaban J connectivity index is 1.06. The number of allylic oxidation sites excluding steroid dienone is 2. The fourth-order valence-corrected chi connectivity index (χ4v) is 11.2. The number of carbonyl (C=O) groups excluding carboxylic acids is 1. The van der Waals surface area contributed by atoms with Gasteiger partial charge in [-0.2, -0.15) is 0 Å². The van der Waals surface area contributed by atoms with Crippen molar-refractivity contribution in [1.82, 2.24) is 5.32 Å². The Morgan fingerprint density at radius 2 is 1.75 bits per heavy atom. The molecule has 0 aliphatic heterocycles. The Kier molecular flexibility index (Phi) is 6.63. The van der Waals surface area contributed by atoms with Gasteiger partial charge in [-0.05, 0) is 135 Å². The molecule has 0 saturated heterocycles. The normalized spacial score (nSPS) is 51.9. The Labute approximate surface area is 219 Å². The van der Waals surface area contributed by atoms with E-state index in [4.69, 9.17) is 0 Å². The van der Waals surface area contributed by atoms with Gasteiger partial charge in [0.1, 0.15) is 0 Å². The monoisotopic (exact) mass is 497 g/mol. The molecule has 36 heavy (non-hydrogen) atoms. The summed E-state index contributed by atoms with van der Waals surface area (Å²) >= 11 is 0. The quantitative estimate of drug-likeness (QED) is 0.411. The van der Waals surface area contributed by atoms with Crippen LogP contribution in [0.25, 0.3) is 0 Å². The van der Waals surface area contributed by atoms with Crippen molar-refractivity contribution < 1.29 is 15.0 Å². The molecule has 5 fully saturated rings. The smallest absolute Gasteiger partial charge is 0.220 e. The molecule has 4 heteroatoms. The van der Waals surface area contributed by atoms with Crippen LogP contribution in [0.15, 0.2) is 12.2 Å². The van der Waals surface area contributed by atoms with E-state index < -0.39 is 0 Å². The SMILES string of the molecule is C[C@H](CCC(=O)NC[C@H]1C[C@@H]2C=C[C@H]1C2)[C@H]1CC[C@H]2[C@@H]3[C@@H](O)C[C@@H]4C[C@H](O)CC[C@]4(C)[C@H]3CC[C@]12C. The van der Waals surface area contributed by atoms with E-state index in [0.29, 0.717) is 64.6 Å². The van der Waals surface area contributed by atoms with Gasteiger partial charge in [-0.1, -0.05) is 32.9 Å². The lowest BCUT2D eigenvalue weighted by Crippen LogP contribution is -2.58. The average Bonchev–Trinajstić information content (AvgIpc) is 3.56. The number of hydrogen-bond acceptors (Lipinski definition) is 3. The summed E-state index contributed by atoms with van der Waals surface area (Å²) in [7, 11) is 0. The standard InChI is InChI=1S/C32H51NO3/c1-19(4-9-29(36)33-18-22-15-20-5-6-21(22)14-20)25-7-8-26-30-27(11-13-32(25,26)3)31(2)12-10-24(34)16-23(31)17-28(30)35/h5-6,19-28,30,34-35H,4,7-18H2,1-3H3,(H,33,36)/t19-,20-,21+,22-,23+,24-,25-,26+,27+,28+,30+,31+,32-/m1/s1. The Bertz CT molecular complexity index is 871. The van der Waals surface area contributed by atoms with Gasteiger partial charge >= 0.3 is 0 Å². The minimum atomic E-state index is -0.205. The van der Waals surface area contributed by atoms with Crippen LogP contribution in [0.3, 0.4) is 0 Å². The van der Waals surface area contributed by atoms with Crippen molar-refractivity contribution in [2.75, 3.05) is 6.54 Å². The van der Waals surface area contributed by atoms with Crippen molar-refractivity contribution in [3.05, 3.63) is 12.2 Å². The van der Waals surface area contributed by atoms with Gasteiger partial charge in [0.2, 0.25) is 5.91 Å². The lowest BCUT2D eigenvalue weighted by atomic mass is 9.43. The molecule has 4 nitrogen and oxygen atoms in total. The largest absolute Gasteiger partial charge is 0.393 e. The summed E-state index contributed by atoms with van der Waals surface area (Å²) in [5.74, 6) is 5.72. The summed E-state index contributed by atoms with van der Waals surface area (Å²) in [5, 5.41) is 25.1. The number of aliphatic hydroxyl groups excluding tert-OH is 2. The van der Waals surface area contributed by atoms with E-state index in [2.05, 4.69) is 38.2 Å². The van der Waals surface area contributed by atoms with E-state index in [0.717, 1.165) is 44.6 Å². The van der Waals surface area contributed by atoms with Crippen LogP contribution in [-0.4, -0.2) is 34.9 Å². The second-order valence-corrected chi connectivity index (χ2v) is 14.8. The van der Waals surface area contributed by atoms with E-state index in [1.165, 1.54) is 38.5 Å². The second-order valence-electron chi connectivity index (χ2n) is 14.8. The number of hydrogen-bond donors (Lipinski definition) is 3. The van der Waals surface area contributed by atoms with Crippen LogP contribution in [0.2, 0.25) is 0 Å². The van der Waals surface area contributed by atoms with Crippen molar-refractivity contribution in [1.29, 1.82) is 0 Å². The van der Waals surface area contributed by atoms with Gasteiger partial charge in [0.05, 0.1) is 12.2 Å². The molecule has 0 unspecified atom stereocenters. The highest BCUT2D eigenvalue weighted by Crippen LogP contribution is 2.68. The highest BCUT2D eigenvalue weighted by Gasteiger charge is 2.62. The first-order valence-electron chi connectivity index (χ1n) is 15.5. The maximum absolute atomic E-state index is 12.7. The highest BCUT2D eigenvalue weighted by molar-refractivity contribution is 5.75. The highest BCUT2D eigenvalue weighted by atomic mass is 16.3. The van der Waals surface area contributed by atoms with Gasteiger partial charge in [-0.15, -0.1) is 0 Å². The zero-order valence-corrected chi connectivity index (χ0v) is 23.0. The number of rotatable bonds is 6. The maximum atomic E-state index is 12.7. The third-order valence-electron chi connectivity index (χ3n) is 13.2. The van der Waals surface area contributed by atoms with Gasteiger partial charge in [0.25, 0.3) is 0 Å². The summed E-state index contributed by atoms with van der Waals surface area (Å²) in [6, 6.07) is 0. The van der Waals surface area contributed by atoms with Crippen LogP contribution in [0.1, 0.15) is 97.8 Å². The molecular weight excluding hydrogens is 446 g/mol. The fraction of sp³-hybridized carbons (Fsp3) is 0.906. The predicted molar refractivity (Wildman–Crippen MR) is 143 cm³/mol. The first-order chi connectivity index (χ1) is 17.2. The average molecular weight is 498 g/mol. The molecule has 5 saturated carbocycles. The number of nitrogens with one attached hydrogen (secondary N) is 1. The summed E-state index contributed by atoms with van der Waals surface area (Å²) in [5.41, 5.74) is 0.589. The molecule has 0 aromatic heterocycles. The Morgan fingerprint density at radius 1 is 0.972 bits per heavy atom. The van der Waals surface area contributed by atoms with Gasteiger partial charge in [-0.25, -0.2) is 0 Å². The number of aliphatic hydroxyl groups is 2. The third kappa shape index (κ3) is 4.12. The van der Waals surface area contributed by atoms with Crippen molar-refractivity contribution in [3.8, 4) is 0 Å². The Hall–Kier alpha value is -0.870. The van der Waals surface area contributed by atoms with Crippen LogP contribution < -0.4 is 5.32 Å². The number of fused-ring (bicyclic) bond motifs is 7. The van der Waals surface area contributed by atoms with E-state index in [1.54, 1.807) is 0 Å². The van der Waals surface area contributed by atoms with Crippen LogP contribution >= 0.6 is 0 Å². The van der Waals surface area contributed by atoms with Gasteiger partial charge in [-0.3, -0.25) is 4.79 Å². The van der Waals surface area contributed by atoms with E-state index in [1.807, 2.05) is 0 Å². The van der Waals surface area contributed by atoms with Crippen LogP contribution in [-0.2, 0) is 4.79 Å². The molecule has 0 radical (unpaired) electrons. The first-order valence-corrected chi connectivity index (χ1v) is 15.5. The molecule has 1 amide bonds. The maximum Gasteiger partial charge on any atom is 0.220 e. The van der Waals surface area contributed by atoms with Crippen LogP contribution in [0, 0.1) is 64.1 Å². The molecule has 202 valence electrons. The molecule has 0 heterocycles. The summed E-state index contributed by atoms with van der Waals surface area (Å²) in [4.78, 5) is 12.7. The zero-order valence-electron chi connectivity index (χ0n) is 23.0. The molecule has 6 rings (SSSR count). The third-order valence-corrected chi connectivity index (χ3v) is 13.2. The second kappa shape index (κ2) is 9.40. The van der Waals surface area contributed by atoms with Gasteiger partial charge in [0, 0.05) is 13.0 Å². The lowest BCUT2D eigenvalue weighted by molar-refractivity contribution is -0.174. The Morgan fingerprint density at radius 3 is 2.50 bits per heavy atom. The van der Waals surface area contributed by atoms with Crippen molar-refractivity contribution in [3.63, 3.8) is 0 Å². The first kappa shape index (κ1) is 25.4. The molecule has 0 aromatic carbocycles. The van der Waals surface area contributed by atoms with E-state index in [9.17, 15) is 15.0 Å². The predicted octanol–water partition coefficient (Wildman–Crippen LogP) is 5.72. The minimum absolute atomic E-state index is 0.167. The molecule has 2 bridgehead atoms. The van der Waals surface area contributed by atoms with Gasteiger partial charge < -0.3 is 15.5 Å². The van der Waals surface area contributed by atoms with E-state index in [-0.39, 0.29) is 18.1 Å². The van der Waals surface area contributed by atoms with Gasteiger partial charge in [0.15, 0.2) is 0 Å². The zero-order chi connectivity index (χ0) is 25.2. The minimum Gasteiger partial charge on any atom is -0.393 e. The topological polar surface area (TPSA) is 69.6 Å². The summed E-state index contributed by atoms with van der Waals surface area (Å²) in [6.45, 7) is 8.29. The fourth-order valence-electron chi connectivity index (χ4n) is 11.2. The lowest BCUT2D eigenvalue weighted by Gasteiger charge is -2.62. The molecule has 0 aromatic rings. The van der Waals surface area contributed by atoms with E-state index >= 15 is 0 Å². The summed E-state index contributed by atoms with van der Waals surface area (Å²) in [6.07, 6.45) is 17.4.